The molecule has 2 heteroatoms. The highest BCUT2D eigenvalue weighted by molar-refractivity contribution is 5.97. The normalized spacial score (nSPS) is 10.5. The van der Waals surface area contributed by atoms with Gasteiger partial charge in [0.2, 0.25) is 0 Å². The summed E-state index contributed by atoms with van der Waals surface area (Å²) in [5.41, 5.74) is 1.80. The van der Waals surface area contributed by atoms with Gasteiger partial charge in [0.05, 0.1) is 5.56 Å². The molecule has 0 aliphatic heterocycles. The van der Waals surface area contributed by atoms with E-state index in [0.29, 0.717) is 11.1 Å². The molecule has 0 bridgehead atoms. The standard InChI is InChI=1S/C17H11O2/c18-17(19)16-8-4-3-7-15(16)14-10-9-12-5-1-2-6-13(12)11-14/h1-10H,(H,18,19). The zero-order valence-electron chi connectivity index (χ0n) is 10.1. The zero-order chi connectivity index (χ0) is 13.2. The highest BCUT2D eigenvalue weighted by atomic mass is 16.4. The lowest BCUT2D eigenvalue weighted by molar-refractivity contribution is 0.0697. The summed E-state index contributed by atoms with van der Waals surface area (Å²) in [5, 5.41) is 11.3. The van der Waals surface area contributed by atoms with Gasteiger partial charge in [-0.15, -0.1) is 0 Å². The molecular formula is C17H11O2. The number of fused-ring (bicyclic) bond motifs is 1. The third kappa shape index (κ3) is 2.08. The van der Waals surface area contributed by atoms with E-state index >= 15 is 0 Å². The minimum Gasteiger partial charge on any atom is -0.478 e. The monoisotopic (exact) mass is 247 g/mol. The highest BCUT2D eigenvalue weighted by Crippen LogP contribution is 2.26. The summed E-state index contributed by atoms with van der Waals surface area (Å²) in [5.74, 6) is -0.919. The molecular weight excluding hydrogens is 236 g/mol. The third-order valence-electron chi connectivity index (χ3n) is 3.11. The first-order valence-electron chi connectivity index (χ1n) is 5.99. The summed E-state index contributed by atoms with van der Waals surface area (Å²) in [4.78, 5) is 11.2. The Kier molecular flexibility index (Phi) is 2.76. The van der Waals surface area contributed by atoms with E-state index in [-0.39, 0.29) is 0 Å². The van der Waals surface area contributed by atoms with E-state index in [0.717, 1.165) is 16.3 Å². The van der Waals surface area contributed by atoms with E-state index in [1.165, 1.54) is 0 Å². The van der Waals surface area contributed by atoms with Gasteiger partial charge in [-0.1, -0.05) is 54.6 Å². The average molecular weight is 247 g/mol. The molecule has 3 aromatic rings. The van der Waals surface area contributed by atoms with Crippen molar-refractivity contribution in [1.82, 2.24) is 0 Å². The van der Waals surface area contributed by atoms with Crippen molar-refractivity contribution in [2.75, 3.05) is 0 Å². The van der Waals surface area contributed by atoms with Crippen LogP contribution < -0.4 is 0 Å². The molecule has 0 spiro atoms. The number of carboxylic acids is 1. The van der Waals surface area contributed by atoms with E-state index < -0.39 is 5.97 Å². The van der Waals surface area contributed by atoms with Crippen LogP contribution in [0.5, 0.6) is 0 Å². The van der Waals surface area contributed by atoms with Gasteiger partial charge in [-0.25, -0.2) is 4.79 Å². The second kappa shape index (κ2) is 4.58. The SMILES string of the molecule is O=C(O)c1ccccc1-c1[c]c2ccccc2cc1. The van der Waals surface area contributed by atoms with Crippen LogP contribution in [-0.4, -0.2) is 11.1 Å². The maximum absolute atomic E-state index is 11.2. The minimum atomic E-state index is -0.919. The fraction of sp³-hybridized carbons (Fsp3) is 0. The Morgan fingerprint density at radius 1 is 0.895 bits per heavy atom. The summed E-state index contributed by atoms with van der Waals surface area (Å²) >= 11 is 0. The van der Waals surface area contributed by atoms with E-state index in [2.05, 4.69) is 6.07 Å². The molecule has 0 unspecified atom stereocenters. The molecule has 0 heterocycles. The van der Waals surface area contributed by atoms with E-state index in [9.17, 15) is 9.90 Å². The van der Waals surface area contributed by atoms with Crippen LogP contribution in [-0.2, 0) is 0 Å². The van der Waals surface area contributed by atoms with Crippen molar-refractivity contribution in [2.45, 2.75) is 0 Å². The lowest BCUT2D eigenvalue weighted by atomic mass is 9.97. The molecule has 3 aromatic carbocycles. The van der Waals surface area contributed by atoms with Gasteiger partial charge >= 0.3 is 5.97 Å². The molecule has 0 aliphatic rings. The number of rotatable bonds is 2. The molecule has 0 saturated heterocycles. The molecule has 19 heavy (non-hydrogen) atoms. The van der Waals surface area contributed by atoms with Crippen molar-refractivity contribution < 1.29 is 9.90 Å². The Balaban J connectivity index is 2.22. The second-order valence-corrected chi connectivity index (χ2v) is 4.31. The zero-order valence-corrected chi connectivity index (χ0v) is 10.1. The molecule has 2 nitrogen and oxygen atoms in total. The lowest BCUT2D eigenvalue weighted by Crippen LogP contribution is -1.98. The van der Waals surface area contributed by atoms with Crippen molar-refractivity contribution >= 4 is 16.7 Å². The largest absolute Gasteiger partial charge is 0.478 e. The molecule has 0 aliphatic carbocycles. The van der Waals surface area contributed by atoms with Crippen molar-refractivity contribution in [3.8, 4) is 11.1 Å². The first kappa shape index (κ1) is 11.5. The van der Waals surface area contributed by atoms with Crippen molar-refractivity contribution in [1.29, 1.82) is 0 Å². The van der Waals surface area contributed by atoms with Gasteiger partial charge in [0, 0.05) is 0 Å². The fourth-order valence-electron chi connectivity index (χ4n) is 2.18. The average Bonchev–Trinajstić information content (AvgIpc) is 2.46. The molecule has 91 valence electrons. The van der Waals surface area contributed by atoms with Crippen LogP contribution in [0.25, 0.3) is 21.9 Å². The number of benzene rings is 3. The van der Waals surface area contributed by atoms with E-state index in [4.69, 9.17) is 0 Å². The van der Waals surface area contributed by atoms with Crippen LogP contribution in [0.2, 0.25) is 0 Å². The smallest absolute Gasteiger partial charge is 0.336 e. The number of carboxylic acid groups (broad SMARTS) is 1. The van der Waals surface area contributed by atoms with E-state index in [1.54, 1.807) is 12.1 Å². The molecule has 0 amide bonds. The fourth-order valence-corrected chi connectivity index (χ4v) is 2.18. The predicted molar refractivity (Wildman–Crippen MR) is 75.2 cm³/mol. The van der Waals surface area contributed by atoms with Gasteiger partial charge < -0.3 is 5.11 Å². The molecule has 0 saturated carbocycles. The predicted octanol–water partition coefficient (Wildman–Crippen LogP) is 4.01. The van der Waals surface area contributed by atoms with Gasteiger partial charge in [-0.05, 0) is 34.0 Å². The topological polar surface area (TPSA) is 37.3 Å². The van der Waals surface area contributed by atoms with E-state index in [1.807, 2.05) is 48.5 Å². The summed E-state index contributed by atoms with van der Waals surface area (Å²) < 4.78 is 0. The van der Waals surface area contributed by atoms with Crippen LogP contribution in [0.15, 0.2) is 60.7 Å². The molecule has 3 rings (SSSR count). The Morgan fingerprint density at radius 3 is 2.47 bits per heavy atom. The second-order valence-electron chi connectivity index (χ2n) is 4.31. The molecule has 0 fully saturated rings. The number of aromatic carboxylic acids is 1. The van der Waals surface area contributed by atoms with Crippen LogP contribution in [0, 0.1) is 6.07 Å². The molecule has 0 aromatic heterocycles. The van der Waals surface area contributed by atoms with Crippen molar-refractivity contribution in [3.63, 3.8) is 0 Å². The summed E-state index contributed by atoms with van der Waals surface area (Å²) in [7, 11) is 0. The quantitative estimate of drug-likeness (QED) is 0.743. The van der Waals surface area contributed by atoms with Crippen LogP contribution in [0.3, 0.4) is 0 Å². The highest BCUT2D eigenvalue weighted by Gasteiger charge is 2.11. The maximum Gasteiger partial charge on any atom is 0.336 e. The summed E-state index contributed by atoms with van der Waals surface area (Å²) in [6, 6.07) is 22.1. The summed E-state index contributed by atoms with van der Waals surface area (Å²) in [6.07, 6.45) is 0. The third-order valence-corrected chi connectivity index (χ3v) is 3.11. The van der Waals surface area contributed by atoms with Gasteiger partial charge in [-0.3, -0.25) is 0 Å². The van der Waals surface area contributed by atoms with Crippen LogP contribution >= 0.6 is 0 Å². The van der Waals surface area contributed by atoms with Crippen molar-refractivity contribution in [3.05, 3.63) is 72.3 Å². The number of carbonyl (C=O) groups is 1. The minimum absolute atomic E-state index is 0.300. The Hall–Kier alpha value is -2.61. The first-order chi connectivity index (χ1) is 9.25. The lowest BCUT2D eigenvalue weighted by Gasteiger charge is -2.07. The van der Waals surface area contributed by atoms with Crippen LogP contribution in [0.4, 0.5) is 0 Å². The Labute approximate surface area is 110 Å². The number of hydrogen-bond acceptors (Lipinski definition) is 1. The Bertz CT molecular complexity index is 760. The number of hydrogen-bond donors (Lipinski definition) is 1. The Morgan fingerprint density at radius 2 is 1.63 bits per heavy atom. The maximum atomic E-state index is 11.2. The first-order valence-corrected chi connectivity index (χ1v) is 5.99. The molecule has 0 atom stereocenters. The van der Waals surface area contributed by atoms with Gasteiger partial charge in [0.1, 0.15) is 0 Å². The van der Waals surface area contributed by atoms with Gasteiger partial charge in [-0.2, -0.15) is 0 Å². The summed E-state index contributed by atoms with van der Waals surface area (Å²) in [6.45, 7) is 0. The molecule has 1 N–H and O–H groups in total. The van der Waals surface area contributed by atoms with Crippen molar-refractivity contribution in [2.24, 2.45) is 0 Å². The van der Waals surface area contributed by atoms with Gasteiger partial charge in [0.25, 0.3) is 0 Å². The van der Waals surface area contributed by atoms with Gasteiger partial charge in [0.15, 0.2) is 0 Å². The van der Waals surface area contributed by atoms with Crippen LogP contribution in [0.1, 0.15) is 10.4 Å². The molecule has 1 radical (unpaired) electrons.